The van der Waals surface area contributed by atoms with E-state index in [2.05, 4.69) is 122 Å². The summed E-state index contributed by atoms with van der Waals surface area (Å²) in [5, 5.41) is 17.1. The molecule has 0 aromatic heterocycles. The molecule has 5 rings (SSSR count). The van der Waals surface area contributed by atoms with Crippen LogP contribution in [0.3, 0.4) is 0 Å². The summed E-state index contributed by atoms with van der Waals surface area (Å²) >= 11 is 0. The third-order valence-electron chi connectivity index (χ3n) is 9.20. The van der Waals surface area contributed by atoms with Gasteiger partial charge >= 0.3 is 0 Å². The van der Waals surface area contributed by atoms with Crippen LogP contribution < -0.4 is 0 Å². The van der Waals surface area contributed by atoms with E-state index in [-0.39, 0.29) is 37.7 Å². The third kappa shape index (κ3) is 7.44. The van der Waals surface area contributed by atoms with Gasteiger partial charge in [0.25, 0.3) is 0 Å². The SMILES string of the molecule is CC(C)CC1=CC2C3C(=C1)C=CN=C3c1[c-]cc3ccccc3c1C2(C)C.CCC(CC)C(O)CC(C)[N-]C(C)C.[Ir]. The van der Waals surface area contributed by atoms with E-state index in [9.17, 15) is 5.11 Å². The maximum atomic E-state index is 9.93. The average Bonchev–Trinajstić information content (AvgIpc) is 2.91. The average molecular weight is 745 g/mol. The maximum Gasteiger partial charge on any atom is 0.0554 e. The Balaban J connectivity index is 0.000000278. The standard InChI is InChI=1S/C26H26N.C12H26NO.Ir/c1-16(2)13-17-14-19-11-12-27-25-21-10-9-18-7-5-6-8-20(18)24(21)26(3,4)22(15-17)23(19)25;1-6-11(7-2)12(14)8-10(5)13-9(3)4;/h5-9,11-12,14-16,22-23H,13H2,1-4H3;9-12,14H,6-8H2,1-5H3;/q2*-1;. The molecule has 0 saturated carbocycles. The maximum absolute atomic E-state index is 9.93. The summed E-state index contributed by atoms with van der Waals surface area (Å²) in [5.41, 5.74) is 6.77. The van der Waals surface area contributed by atoms with Gasteiger partial charge < -0.3 is 15.4 Å². The Labute approximate surface area is 269 Å². The quantitative estimate of drug-likeness (QED) is 0.256. The van der Waals surface area contributed by atoms with Gasteiger partial charge in [0.1, 0.15) is 0 Å². The molecule has 1 radical (unpaired) electrons. The van der Waals surface area contributed by atoms with E-state index >= 15 is 0 Å². The molecule has 42 heavy (non-hydrogen) atoms. The molecule has 0 saturated heterocycles. The number of allylic oxidation sites excluding steroid dienone is 5. The topological polar surface area (TPSA) is 46.7 Å². The van der Waals surface area contributed by atoms with Gasteiger partial charge in [0.15, 0.2) is 0 Å². The fraction of sp³-hybridized carbons (Fsp3) is 0.553. The van der Waals surface area contributed by atoms with Crippen molar-refractivity contribution in [3.8, 4) is 0 Å². The van der Waals surface area contributed by atoms with Crippen LogP contribution in [-0.2, 0) is 25.5 Å². The number of hydrogen-bond acceptors (Lipinski definition) is 2. The smallest absolute Gasteiger partial charge is 0.0554 e. The van der Waals surface area contributed by atoms with Crippen LogP contribution >= 0.6 is 0 Å². The monoisotopic (exact) mass is 745 g/mol. The van der Waals surface area contributed by atoms with E-state index < -0.39 is 0 Å². The second-order valence-corrected chi connectivity index (χ2v) is 13.6. The van der Waals surface area contributed by atoms with Crippen LogP contribution in [0.15, 0.2) is 70.9 Å². The molecule has 2 aliphatic carbocycles. The van der Waals surface area contributed by atoms with Crippen molar-refractivity contribution >= 4 is 16.5 Å². The molecule has 4 unspecified atom stereocenters. The first-order chi connectivity index (χ1) is 19.5. The summed E-state index contributed by atoms with van der Waals surface area (Å²) < 4.78 is 0. The number of aliphatic hydroxyl groups is 1. The molecule has 2 aromatic rings. The summed E-state index contributed by atoms with van der Waals surface area (Å²) in [6.07, 6.45) is 13.1. The minimum absolute atomic E-state index is 0. The molecule has 3 nitrogen and oxygen atoms in total. The molecule has 1 heterocycles. The normalized spacial score (nSPS) is 21.4. The van der Waals surface area contributed by atoms with Crippen LogP contribution in [0.25, 0.3) is 16.1 Å². The minimum atomic E-state index is -0.178. The minimum Gasteiger partial charge on any atom is -0.657 e. The van der Waals surface area contributed by atoms with Crippen LogP contribution in [0.1, 0.15) is 99.1 Å². The molecule has 1 N–H and O–H groups in total. The molecular formula is C38H52IrN2O-2. The van der Waals surface area contributed by atoms with E-state index in [4.69, 9.17) is 4.99 Å². The van der Waals surface area contributed by atoms with Gasteiger partial charge in [0, 0.05) is 26.3 Å². The number of aliphatic hydroxyl groups excluding tert-OH is 1. The van der Waals surface area contributed by atoms with E-state index in [1.165, 1.54) is 38.8 Å². The van der Waals surface area contributed by atoms with Crippen molar-refractivity contribution in [2.75, 3.05) is 0 Å². The van der Waals surface area contributed by atoms with Crippen LogP contribution in [0.4, 0.5) is 0 Å². The first-order valence-electron chi connectivity index (χ1n) is 16.0. The Hall–Kier alpha value is -1.84. The largest absolute Gasteiger partial charge is 0.657 e. The zero-order valence-electron chi connectivity index (χ0n) is 27.2. The summed E-state index contributed by atoms with van der Waals surface area (Å²) in [6.45, 7) is 20.0. The molecule has 0 spiro atoms. The van der Waals surface area contributed by atoms with Crippen molar-refractivity contribution in [3.05, 3.63) is 88.4 Å². The van der Waals surface area contributed by atoms with Gasteiger partial charge in [-0.1, -0.05) is 128 Å². The fourth-order valence-corrected chi connectivity index (χ4v) is 7.28. The fourth-order valence-electron chi connectivity index (χ4n) is 7.28. The number of fused-ring (bicyclic) bond motifs is 4. The van der Waals surface area contributed by atoms with Crippen molar-refractivity contribution in [2.24, 2.45) is 28.7 Å². The van der Waals surface area contributed by atoms with Crippen molar-refractivity contribution in [1.29, 1.82) is 0 Å². The number of aliphatic imine (C=N–C) groups is 1. The second kappa shape index (κ2) is 14.8. The Morgan fingerprint density at radius 1 is 1.05 bits per heavy atom. The first-order valence-corrected chi connectivity index (χ1v) is 16.0. The number of benzene rings is 2. The Morgan fingerprint density at radius 3 is 2.38 bits per heavy atom. The van der Waals surface area contributed by atoms with Gasteiger partial charge in [0.2, 0.25) is 0 Å². The van der Waals surface area contributed by atoms with Crippen molar-refractivity contribution in [1.82, 2.24) is 0 Å². The van der Waals surface area contributed by atoms with E-state index in [1.807, 2.05) is 6.20 Å². The predicted molar refractivity (Wildman–Crippen MR) is 177 cm³/mol. The first kappa shape index (κ1) is 34.6. The van der Waals surface area contributed by atoms with Crippen molar-refractivity contribution in [2.45, 2.75) is 112 Å². The third-order valence-corrected chi connectivity index (χ3v) is 9.20. The van der Waals surface area contributed by atoms with Crippen molar-refractivity contribution < 1.29 is 25.2 Å². The molecule has 2 aromatic carbocycles. The van der Waals surface area contributed by atoms with Gasteiger partial charge in [0.05, 0.1) is 6.10 Å². The Bertz CT molecular complexity index is 1330. The van der Waals surface area contributed by atoms with E-state index in [1.54, 1.807) is 0 Å². The van der Waals surface area contributed by atoms with Gasteiger partial charge in [-0.2, -0.15) is 0 Å². The van der Waals surface area contributed by atoms with Crippen LogP contribution in [0.2, 0.25) is 0 Å². The Kier molecular flexibility index (Phi) is 12.2. The Morgan fingerprint density at radius 2 is 1.74 bits per heavy atom. The van der Waals surface area contributed by atoms with Crippen LogP contribution in [-0.4, -0.2) is 29.0 Å². The van der Waals surface area contributed by atoms with E-state index in [0.29, 0.717) is 29.7 Å². The number of nitrogens with zero attached hydrogens (tertiary/aromatic N) is 2. The molecule has 1 aliphatic heterocycles. The molecule has 4 atom stereocenters. The summed E-state index contributed by atoms with van der Waals surface area (Å²) in [4.78, 5) is 4.87. The van der Waals surface area contributed by atoms with Gasteiger partial charge in [-0.15, -0.1) is 35.3 Å². The molecule has 3 aliphatic rings. The van der Waals surface area contributed by atoms with Gasteiger partial charge in [-0.05, 0) is 59.3 Å². The number of hydrogen-bond donors (Lipinski definition) is 1. The molecular weight excluding hydrogens is 693 g/mol. The number of rotatable bonds is 9. The van der Waals surface area contributed by atoms with Crippen LogP contribution in [0, 0.1) is 29.7 Å². The predicted octanol–water partition coefficient (Wildman–Crippen LogP) is 9.73. The molecule has 0 amide bonds. The van der Waals surface area contributed by atoms with Gasteiger partial charge in [-0.25, -0.2) is 0 Å². The summed E-state index contributed by atoms with van der Waals surface area (Å²) in [7, 11) is 0. The zero-order valence-corrected chi connectivity index (χ0v) is 29.6. The second-order valence-electron chi connectivity index (χ2n) is 13.6. The molecule has 0 fully saturated rings. The summed E-state index contributed by atoms with van der Waals surface area (Å²) in [5.74, 6) is 1.89. The van der Waals surface area contributed by atoms with E-state index in [0.717, 1.165) is 25.7 Å². The summed E-state index contributed by atoms with van der Waals surface area (Å²) in [6, 6.07) is 15.1. The van der Waals surface area contributed by atoms with Crippen LogP contribution in [0.5, 0.6) is 0 Å². The van der Waals surface area contributed by atoms with Crippen molar-refractivity contribution in [3.63, 3.8) is 0 Å². The molecule has 0 bridgehead atoms. The van der Waals surface area contributed by atoms with Gasteiger partial charge in [-0.3, -0.25) is 0 Å². The molecule has 4 heteroatoms. The zero-order chi connectivity index (χ0) is 29.9. The molecule has 231 valence electrons.